The molecular formula is C22H22N2O4S. The zero-order valence-corrected chi connectivity index (χ0v) is 17.0. The van der Waals surface area contributed by atoms with Crippen LogP contribution in [-0.4, -0.2) is 23.0 Å². The number of nitrogens with zero attached hydrogens (tertiary/aromatic N) is 1. The Morgan fingerprint density at radius 1 is 1.07 bits per heavy atom. The van der Waals surface area contributed by atoms with Crippen molar-refractivity contribution in [1.82, 2.24) is 10.3 Å². The average Bonchev–Trinajstić information content (AvgIpc) is 3.26. The van der Waals surface area contributed by atoms with Gasteiger partial charge in [0.1, 0.15) is 12.4 Å². The topological polar surface area (TPSA) is 77.5 Å². The first-order valence-electron chi connectivity index (χ1n) is 9.19. The number of rotatable bonds is 8. The van der Waals surface area contributed by atoms with Crippen LogP contribution in [0.3, 0.4) is 0 Å². The summed E-state index contributed by atoms with van der Waals surface area (Å²) in [7, 11) is 0. The quantitative estimate of drug-likeness (QED) is 0.565. The Hall–Kier alpha value is -3.19. The van der Waals surface area contributed by atoms with E-state index < -0.39 is 12.1 Å². The summed E-state index contributed by atoms with van der Waals surface area (Å²) in [6, 6.07) is 16.0. The van der Waals surface area contributed by atoms with Crippen LogP contribution in [0.4, 0.5) is 0 Å². The van der Waals surface area contributed by atoms with Crippen molar-refractivity contribution >= 4 is 23.2 Å². The highest BCUT2D eigenvalue weighted by Gasteiger charge is 2.20. The molecule has 0 saturated carbocycles. The number of ether oxygens (including phenoxy) is 2. The van der Waals surface area contributed by atoms with Gasteiger partial charge in [-0.25, -0.2) is 9.78 Å². The molecule has 2 atom stereocenters. The van der Waals surface area contributed by atoms with Crippen LogP contribution < -0.4 is 10.1 Å². The van der Waals surface area contributed by atoms with Crippen LogP contribution >= 0.6 is 11.3 Å². The maximum Gasteiger partial charge on any atom is 0.338 e. The number of aromatic nitrogens is 1. The van der Waals surface area contributed by atoms with Crippen LogP contribution in [-0.2, 0) is 16.1 Å². The summed E-state index contributed by atoms with van der Waals surface area (Å²) < 4.78 is 10.9. The highest BCUT2D eigenvalue weighted by atomic mass is 32.1. The number of nitrogens with one attached hydrogen (secondary N) is 1. The van der Waals surface area contributed by atoms with Gasteiger partial charge in [0.05, 0.1) is 22.8 Å². The molecule has 7 heteroatoms. The van der Waals surface area contributed by atoms with Crippen LogP contribution in [0.15, 0.2) is 65.5 Å². The largest absolute Gasteiger partial charge is 0.487 e. The van der Waals surface area contributed by atoms with Gasteiger partial charge < -0.3 is 14.8 Å². The molecule has 0 saturated heterocycles. The molecule has 3 rings (SSSR count). The van der Waals surface area contributed by atoms with Gasteiger partial charge in [-0.05, 0) is 43.7 Å². The standard InChI is InChI=1S/C22H22N2O4S/c1-15(17-6-4-3-5-7-17)24-21(25)16(2)28-22(26)18-8-10-20(11-9-18)27-12-19-13-29-14-23-19/h3-11,13-16H,12H2,1-2H3,(H,24,25). The maximum atomic E-state index is 12.3. The van der Waals surface area contributed by atoms with E-state index in [0.717, 1.165) is 11.3 Å². The molecule has 2 unspecified atom stereocenters. The van der Waals surface area contributed by atoms with Crippen LogP contribution in [0.1, 0.15) is 41.5 Å². The number of hydrogen-bond donors (Lipinski definition) is 1. The Kier molecular flexibility index (Phi) is 6.97. The van der Waals surface area contributed by atoms with Crippen LogP contribution in [0.2, 0.25) is 0 Å². The van der Waals surface area contributed by atoms with Gasteiger partial charge in [-0.15, -0.1) is 11.3 Å². The van der Waals surface area contributed by atoms with E-state index in [-0.39, 0.29) is 11.9 Å². The van der Waals surface area contributed by atoms with Crippen LogP contribution in [0.5, 0.6) is 5.75 Å². The van der Waals surface area contributed by atoms with Crippen molar-refractivity contribution in [3.63, 3.8) is 0 Å². The van der Waals surface area contributed by atoms with Gasteiger partial charge in [-0.2, -0.15) is 0 Å². The molecule has 0 aliphatic carbocycles. The van der Waals surface area contributed by atoms with E-state index in [9.17, 15) is 9.59 Å². The molecular weight excluding hydrogens is 388 g/mol. The first-order valence-corrected chi connectivity index (χ1v) is 10.1. The Labute approximate surface area is 173 Å². The summed E-state index contributed by atoms with van der Waals surface area (Å²) in [6.45, 7) is 3.80. The van der Waals surface area contributed by atoms with Crippen LogP contribution in [0.25, 0.3) is 0 Å². The van der Waals surface area contributed by atoms with E-state index in [0.29, 0.717) is 17.9 Å². The summed E-state index contributed by atoms with van der Waals surface area (Å²) in [5.41, 5.74) is 3.92. The molecule has 0 aliphatic rings. The second-order valence-electron chi connectivity index (χ2n) is 6.48. The number of hydrogen-bond acceptors (Lipinski definition) is 6. The lowest BCUT2D eigenvalue weighted by atomic mass is 10.1. The molecule has 0 bridgehead atoms. The van der Waals surface area contributed by atoms with Crippen LogP contribution in [0, 0.1) is 0 Å². The van der Waals surface area contributed by atoms with Crippen molar-refractivity contribution in [2.45, 2.75) is 32.6 Å². The molecule has 0 spiro atoms. The SMILES string of the molecule is CC(OC(=O)c1ccc(OCc2cscn2)cc1)C(=O)NC(C)c1ccccc1. The zero-order chi connectivity index (χ0) is 20.6. The molecule has 29 heavy (non-hydrogen) atoms. The number of carbonyl (C=O) groups is 2. The third kappa shape index (κ3) is 5.89. The van der Waals surface area contributed by atoms with E-state index in [1.165, 1.54) is 11.3 Å². The summed E-state index contributed by atoms with van der Waals surface area (Å²) >= 11 is 1.51. The van der Waals surface area contributed by atoms with Gasteiger partial charge in [0.25, 0.3) is 5.91 Å². The minimum absolute atomic E-state index is 0.181. The maximum absolute atomic E-state index is 12.3. The first-order chi connectivity index (χ1) is 14.0. The Morgan fingerprint density at radius 3 is 2.45 bits per heavy atom. The fourth-order valence-electron chi connectivity index (χ4n) is 2.59. The third-order valence-corrected chi connectivity index (χ3v) is 4.91. The molecule has 3 aromatic rings. The summed E-state index contributed by atoms with van der Waals surface area (Å²) in [5, 5.41) is 4.76. The Balaban J connectivity index is 1.50. The van der Waals surface area contributed by atoms with Gasteiger partial charge in [0.2, 0.25) is 0 Å². The molecule has 1 amide bonds. The number of carbonyl (C=O) groups excluding carboxylic acids is 2. The predicted octanol–water partition coefficient (Wildman–Crippen LogP) is 4.14. The minimum atomic E-state index is -0.908. The van der Waals surface area contributed by atoms with Crippen molar-refractivity contribution in [2.75, 3.05) is 0 Å². The minimum Gasteiger partial charge on any atom is -0.487 e. The number of thiazole rings is 1. The van der Waals surface area contributed by atoms with Gasteiger partial charge in [-0.1, -0.05) is 30.3 Å². The number of benzene rings is 2. The molecule has 1 N–H and O–H groups in total. The van der Waals surface area contributed by atoms with E-state index in [4.69, 9.17) is 9.47 Å². The van der Waals surface area contributed by atoms with E-state index in [2.05, 4.69) is 10.3 Å². The third-order valence-electron chi connectivity index (χ3n) is 4.27. The molecule has 0 fully saturated rings. The smallest absolute Gasteiger partial charge is 0.338 e. The van der Waals surface area contributed by atoms with E-state index in [1.807, 2.05) is 42.6 Å². The molecule has 1 aromatic heterocycles. The fraction of sp³-hybridized carbons (Fsp3) is 0.227. The lowest BCUT2D eigenvalue weighted by molar-refractivity contribution is -0.129. The van der Waals surface area contributed by atoms with Crippen molar-refractivity contribution in [3.05, 3.63) is 82.3 Å². The van der Waals surface area contributed by atoms with E-state index in [1.54, 1.807) is 36.7 Å². The molecule has 1 heterocycles. The summed E-state index contributed by atoms with van der Waals surface area (Å²) in [6.07, 6.45) is -0.908. The van der Waals surface area contributed by atoms with Crippen molar-refractivity contribution < 1.29 is 19.1 Å². The summed E-state index contributed by atoms with van der Waals surface area (Å²) in [5.74, 6) is -0.291. The predicted molar refractivity (Wildman–Crippen MR) is 111 cm³/mol. The highest BCUT2D eigenvalue weighted by molar-refractivity contribution is 7.07. The molecule has 0 aliphatic heterocycles. The number of amides is 1. The van der Waals surface area contributed by atoms with Gasteiger partial charge in [-0.3, -0.25) is 4.79 Å². The van der Waals surface area contributed by atoms with Crippen molar-refractivity contribution in [2.24, 2.45) is 0 Å². The van der Waals surface area contributed by atoms with Crippen molar-refractivity contribution in [1.29, 1.82) is 0 Å². The fourth-order valence-corrected chi connectivity index (χ4v) is 3.13. The first kappa shape index (κ1) is 20.5. The summed E-state index contributed by atoms with van der Waals surface area (Å²) in [4.78, 5) is 28.8. The Morgan fingerprint density at radius 2 is 1.79 bits per heavy atom. The lowest BCUT2D eigenvalue weighted by Crippen LogP contribution is -2.37. The molecule has 0 radical (unpaired) electrons. The Bertz CT molecular complexity index is 927. The van der Waals surface area contributed by atoms with Gasteiger partial charge in [0, 0.05) is 5.38 Å². The normalized spacial score (nSPS) is 12.6. The number of esters is 1. The van der Waals surface area contributed by atoms with E-state index >= 15 is 0 Å². The second-order valence-corrected chi connectivity index (χ2v) is 7.20. The molecule has 2 aromatic carbocycles. The highest BCUT2D eigenvalue weighted by Crippen LogP contribution is 2.16. The second kappa shape index (κ2) is 9.84. The lowest BCUT2D eigenvalue weighted by Gasteiger charge is -2.18. The van der Waals surface area contributed by atoms with Crippen molar-refractivity contribution in [3.8, 4) is 5.75 Å². The molecule has 6 nitrogen and oxygen atoms in total. The average molecular weight is 410 g/mol. The molecule has 150 valence electrons. The van der Waals surface area contributed by atoms with Gasteiger partial charge in [0.15, 0.2) is 6.10 Å². The monoisotopic (exact) mass is 410 g/mol. The van der Waals surface area contributed by atoms with Gasteiger partial charge >= 0.3 is 5.97 Å². The zero-order valence-electron chi connectivity index (χ0n) is 16.2.